The summed E-state index contributed by atoms with van der Waals surface area (Å²) >= 11 is 0. The molecule has 0 aromatic heterocycles. The maximum atomic E-state index is 12.1. The van der Waals surface area contributed by atoms with Crippen molar-refractivity contribution in [1.29, 1.82) is 0 Å². The third kappa shape index (κ3) is 7.70. The summed E-state index contributed by atoms with van der Waals surface area (Å²) in [5.41, 5.74) is 0.779. The molecule has 0 saturated heterocycles. The predicted molar refractivity (Wildman–Crippen MR) is 103 cm³/mol. The molecule has 0 fully saturated rings. The quantitative estimate of drug-likeness (QED) is 0.496. The number of carbonyl (C=O) groups is 3. The second kappa shape index (κ2) is 11.3. The number of carbonyl (C=O) groups excluding carboxylic acids is 3. The molecule has 0 aliphatic heterocycles. The van der Waals surface area contributed by atoms with Gasteiger partial charge < -0.3 is 14.2 Å². The van der Waals surface area contributed by atoms with Crippen LogP contribution in [0.4, 0.5) is 8.78 Å². The minimum Gasteiger partial charge on any atom is -0.494 e. The van der Waals surface area contributed by atoms with E-state index in [4.69, 9.17) is 9.47 Å². The summed E-state index contributed by atoms with van der Waals surface area (Å²) in [7, 11) is 0. The van der Waals surface area contributed by atoms with Crippen molar-refractivity contribution in [3.8, 4) is 11.5 Å². The van der Waals surface area contributed by atoms with Crippen LogP contribution in [0.5, 0.6) is 11.5 Å². The highest BCUT2D eigenvalue weighted by atomic mass is 19.3. The Morgan fingerprint density at radius 3 is 2.23 bits per heavy atom. The molecule has 2 aromatic carbocycles. The fraction of sp³-hybridized carbons (Fsp3) is 0.190. The SMILES string of the molecule is CCOc1ccc(/C=C/C(=O)OCC(=O)NC(=O)c2ccc(OC(F)F)cc2)cc1. The summed E-state index contributed by atoms with van der Waals surface area (Å²) in [6.45, 7) is -1.23. The number of amides is 2. The highest BCUT2D eigenvalue weighted by Gasteiger charge is 2.12. The molecule has 1 N–H and O–H groups in total. The normalized spacial score (nSPS) is 10.7. The Morgan fingerprint density at radius 2 is 1.63 bits per heavy atom. The van der Waals surface area contributed by atoms with Crippen LogP contribution in [0, 0.1) is 0 Å². The van der Waals surface area contributed by atoms with Gasteiger partial charge in [-0.15, -0.1) is 0 Å². The highest BCUT2D eigenvalue weighted by molar-refractivity contribution is 6.05. The fourth-order valence-electron chi connectivity index (χ4n) is 2.21. The number of ether oxygens (including phenoxy) is 3. The predicted octanol–water partition coefficient (Wildman–Crippen LogP) is 3.20. The van der Waals surface area contributed by atoms with E-state index < -0.39 is 31.0 Å². The van der Waals surface area contributed by atoms with Crippen LogP contribution in [0.2, 0.25) is 0 Å². The van der Waals surface area contributed by atoms with Gasteiger partial charge in [0.2, 0.25) is 0 Å². The van der Waals surface area contributed by atoms with Crippen molar-refractivity contribution in [2.45, 2.75) is 13.5 Å². The van der Waals surface area contributed by atoms with Crippen molar-refractivity contribution >= 4 is 23.9 Å². The Kier molecular flexibility index (Phi) is 8.49. The number of nitrogens with one attached hydrogen (secondary N) is 1. The standard InChI is InChI=1S/C21H19F2NO6/c1-2-28-16-8-3-14(4-9-16)5-12-19(26)29-13-18(25)24-20(27)15-6-10-17(11-7-15)30-21(22)23/h3-12,21H,2,13H2,1H3,(H,24,25,27)/b12-5+. The number of benzene rings is 2. The van der Waals surface area contributed by atoms with E-state index in [1.807, 2.05) is 12.2 Å². The molecule has 7 nitrogen and oxygen atoms in total. The summed E-state index contributed by atoms with van der Waals surface area (Å²) in [5.74, 6) is -1.80. The Bertz CT molecular complexity index is 895. The molecular weight excluding hydrogens is 400 g/mol. The third-order valence-electron chi connectivity index (χ3n) is 3.54. The fourth-order valence-corrected chi connectivity index (χ4v) is 2.21. The number of imide groups is 1. The van der Waals surface area contributed by atoms with Crippen LogP contribution < -0.4 is 14.8 Å². The van der Waals surface area contributed by atoms with Gasteiger partial charge >= 0.3 is 12.6 Å². The van der Waals surface area contributed by atoms with Crippen LogP contribution in [0.15, 0.2) is 54.6 Å². The number of alkyl halides is 2. The van der Waals surface area contributed by atoms with E-state index in [1.54, 1.807) is 24.3 Å². The molecule has 9 heteroatoms. The Hall–Kier alpha value is -3.75. The van der Waals surface area contributed by atoms with E-state index in [-0.39, 0.29) is 11.3 Å². The molecule has 2 rings (SSSR count). The monoisotopic (exact) mass is 419 g/mol. The molecule has 2 aromatic rings. The number of esters is 1. The van der Waals surface area contributed by atoms with Crippen molar-refractivity contribution in [1.82, 2.24) is 5.32 Å². The minimum atomic E-state index is -2.98. The van der Waals surface area contributed by atoms with E-state index in [2.05, 4.69) is 4.74 Å². The van der Waals surface area contributed by atoms with Crippen molar-refractivity contribution in [3.63, 3.8) is 0 Å². The summed E-state index contributed by atoms with van der Waals surface area (Å²) in [6, 6.07) is 11.8. The highest BCUT2D eigenvalue weighted by Crippen LogP contribution is 2.15. The number of hydrogen-bond acceptors (Lipinski definition) is 6. The van der Waals surface area contributed by atoms with Crippen molar-refractivity contribution < 1.29 is 37.4 Å². The zero-order valence-electron chi connectivity index (χ0n) is 16.0. The molecule has 0 saturated carbocycles. The lowest BCUT2D eigenvalue weighted by atomic mass is 10.2. The summed E-state index contributed by atoms with van der Waals surface area (Å²) in [6.07, 6.45) is 2.65. The summed E-state index contributed by atoms with van der Waals surface area (Å²) in [4.78, 5) is 35.4. The van der Waals surface area contributed by atoms with Crippen molar-refractivity contribution in [2.24, 2.45) is 0 Å². The first kappa shape index (κ1) is 22.5. The lowest BCUT2D eigenvalue weighted by molar-refractivity contribution is -0.143. The van der Waals surface area contributed by atoms with E-state index in [9.17, 15) is 23.2 Å². The van der Waals surface area contributed by atoms with Gasteiger partial charge in [-0.1, -0.05) is 12.1 Å². The average Bonchev–Trinajstić information content (AvgIpc) is 2.72. The maximum Gasteiger partial charge on any atom is 0.387 e. The van der Waals surface area contributed by atoms with Crippen molar-refractivity contribution in [2.75, 3.05) is 13.2 Å². The molecule has 0 aliphatic rings. The second-order valence-electron chi connectivity index (χ2n) is 5.72. The molecular formula is C21H19F2NO6. The Labute approximate surface area is 171 Å². The van der Waals surface area contributed by atoms with Gasteiger partial charge in [0.25, 0.3) is 11.8 Å². The second-order valence-corrected chi connectivity index (χ2v) is 5.72. The van der Waals surface area contributed by atoms with Gasteiger partial charge in [0, 0.05) is 11.6 Å². The van der Waals surface area contributed by atoms with Gasteiger partial charge in [0.05, 0.1) is 6.61 Å². The van der Waals surface area contributed by atoms with Gasteiger partial charge in [-0.05, 0) is 55.0 Å². The van der Waals surface area contributed by atoms with Crippen LogP contribution in [0.25, 0.3) is 6.08 Å². The van der Waals surface area contributed by atoms with Gasteiger partial charge in [-0.2, -0.15) is 8.78 Å². The van der Waals surface area contributed by atoms with Crippen LogP contribution in [0.1, 0.15) is 22.8 Å². The molecule has 0 spiro atoms. The maximum absolute atomic E-state index is 12.1. The molecule has 2 amide bonds. The minimum absolute atomic E-state index is 0.0479. The summed E-state index contributed by atoms with van der Waals surface area (Å²) in [5, 5.41) is 2.02. The molecule has 0 heterocycles. The van der Waals surface area contributed by atoms with Crippen LogP contribution >= 0.6 is 0 Å². The lowest BCUT2D eigenvalue weighted by Gasteiger charge is -2.06. The zero-order chi connectivity index (χ0) is 21.9. The zero-order valence-corrected chi connectivity index (χ0v) is 16.0. The van der Waals surface area contributed by atoms with E-state index >= 15 is 0 Å². The third-order valence-corrected chi connectivity index (χ3v) is 3.54. The molecule has 0 bridgehead atoms. The number of rotatable bonds is 9. The van der Waals surface area contributed by atoms with E-state index in [1.165, 1.54) is 18.2 Å². The van der Waals surface area contributed by atoms with E-state index in [0.717, 1.165) is 23.8 Å². The van der Waals surface area contributed by atoms with E-state index in [0.29, 0.717) is 12.4 Å². The first-order chi connectivity index (χ1) is 14.4. The van der Waals surface area contributed by atoms with Crippen LogP contribution in [0.3, 0.4) is 0 Å². The molecule has 0 unspecified atom stereocenters. The Balaban J connectivity index is 1.77. The number of halogens is 2. The summed E-state index contributed by atoms with van der Waals surface area (Å²) < 4.78 is 38.4. The molecule has 0 radical (unpaired) electrons. The smallest absolute Gasteiger partial charge is 0.387 e. The molecule has 30 heavy (non-hydrogen) atoms. The van der Waals surface area contributed by atoms with Crippen LogP contribution in [-0.4, -0.2) is 37.6 Å². The molecule has 0 aliphatic carbocycles. The topological polar surface area (TPSA) is 90.9 Å². The molecule has 158 valence electrons. The van der Waals surface area contributed by atoms with Gasteiger partial charge in [-0.3, -0.25) is 14.9 Å². The van der Waals surface area contributed by atoms with Gasteiger partial charge in [0.1, 0.15) is 11.5 Å². The first-order valence-corrected chi connectivity index (χ1v) is 8.84. The number of hydrogen-bond donors (Lipinski definition) is 1. The molecule has 0 atom stereocenters. The van der Waals surface area contributed by atoms with Gasteiger partial charge in [0.15, 0.2) is 6.61 Å². The van der Waals surface area contributed by atoms with Crippen molar-refractivity contribution in [3.05, 3.63) is 65.7 Å². The lowest BCUT2D eigenvalue weighted by Crippen LogP contribution is -2.34. The Morgan fingerprint density at radius 1 is 1.00 bits per heavy atom. The average molecular weight is 419 g/mol. The first-order valence-electron chi connectivity index (χ1n) is 8.84. The van der Waals surface area contributed by atoms with Gasteiger partial charge in [-0.25, -0.2) is 4.79 Å². The largest absolute Gasteiger partial charge is 0.494 e. The van der Waals surface area contributed by atoms with Crippen LogP contribution in [-0.2, 0) is 14.3 Å².